The van der Waals surface area contributed by atoms with Crippen molar-refractivity contribution >= 4 is 17.5 Å². The molecule has 2 rings (SSSR count). The first kappa shape index (κ1) is 25.4. The molecule has 0 bridgehead atoms. The van der Waals surface area contributed by atoms with Crippen LogP contribution >= 0.6 is 0 Å². The van der Waals surface area contributed by atoms with Gasteiger partial charge in [0, 0.05) is 30.8 Å². The average molecular weight is 429 g/mol. The fraction of sp³-hybridized carbons (Fsp3) is 0.704. The van der Waals surface area contributed by atoms with Gasteiger partial charge in [0.2, 0.25) is 5.91 Å². The van der Waals surface area contributed by atoms with E-state index in [2.05, 4.69) is 12.2 Å². The van der Waals surface area contributed by atoms with E-state index in [0.29, 0.717) is 12.0 Å². The maximum Gasteiger partial charge on any atom is 0.253 e. The average Bonchev–Trinajstić information content (AvgIpc) is 3.07. The van der Waals surface area contributed by atoms with E-state index in [-0.39, 0.29) is 11.8 Å². The lowest BCUT2D eigenvalue weighted by Gasteiger charge is -2.20. The number of carbonyl (C=O) groups excluding carboxylic acids is 2. The highest BCUT2D eigenvalue weighted by Gasteiger charge is 2.17. The molecule has 2 amide bonds. The van der Waals surface area contributed by atoms with Crippen LogP contribution in [0.4, 0.5) is 5.69 Å². The minimum Gasteiger partial charge on any atom is -0.339 e. The van der Waals surface area contributed by atoms with Crippen molar-refractivity contribution in [2.75, 3.05) is 18.4 Å². The predicted molar refractivity (Wildman–Crippen MR) is 131 cm³/mol. The molecule has 1 aromatic rings. The Kier molecular flexibility index (Phi) is 13.0. The number of unbranched alkanes of at least 4 members (excludes halogenated alkanes) is 10. The van der Waals surface area contributed by atoms with E-state index in [4.69, 9.17) is 0 Å². The van der Waals surface area contributed by atoms with Crippen LogP contribution in [0, 0.1) is 0 Å². The van der Waals surface area contributed by atoms with Crippen LogP contribution < -0.4 is 5.32 Å². The SMILES string of the molecule is CCCCCCCCCCCCCC(=O)Nc1ccc(C(=O)N2CCCCCC2)cc1. The summed E-state index contributed by atoms with van der Waals surface area (Å²) in [5, 5.41) is 2.97. The Morgan fingerprint density at radius 1 is 0.742 bits per heavy atom. The van der Waals surface area contributed by atoms with Crippen LogP contribution in [0.5, 0.6) is 0 Å². The lowest BCUT2D eigenvalue weighted by atomic mass is 10.1. The molecule has 0 aromatic heterocycles. The summed E-state index contributed by atoms with van der Waals surface area (Å²) in [6, 6.07) is 7.38. The molecule has 1 heterocycles. The Morgan fingerprint density at radius 3 is 1.81 bits per heavy atom. The van der Waals surface area contributed by atoms with Gasteiger partial charge in [0.15, 0.2) is 0 Å². The number of benzene rings is 1. The van der Waals surface area contributed by atoms with Gasteiger partial charge in [-0.1, -0.05) is 84.0 Å². The normalized spacial score (nSPS) is 14.3. The first-order chi connectivity index (χ1) is 15.2. The molecule has 4 heteroatoms. The second-order valence-corrected chi connectivity index (χ2v) is 9.12. The van der Waals surface area contributed by atoms with Gasteiger partial charge in [-0.15, -0.1) is 0 Å². The predicted octanol–water partition coefficient (Wildman–Crippen LogP) is 7.34. The summed E-state index contributed by atoms with van der Waals surface area (Å²) in [5.74, 6) is 0.184. The summed E-state index contributed by atoms with van der Waals surface area (Å²) in [7, 11) is 0. The molecule has 174 valence electrons. The van der Waals surface area contributed by atoms with Gasteiger partial charge in [-0.3, -0.25) is 9.59 Å². The van der Waals surface area contributed by atoms with Crippen LogP contribution in [0.25, 0.3) is 0 Å². The summed E-state index contributed by atoms with van der Waals surface area (Å²) < 4.78 is 0. The molecule has 1 aliphatic heterocycles. The molecule has 0 radical (unpaired) electrons. The number of anilines is 1. The van der Waals surface area contributed by atoms with Crippen molar-refractivity contribution in [1.82, 2.24) is 4.90 Å². The lowest BCUT2D eigenvalue weighted by Crippen LogP contribution is -2.31. The molecule has 0 aliphatic carbocycles. The first-order valence-electron chi connectivity index (χ1n) is 12.9. The molecule has 0 atom stereocenters. The van der Waals surface area contributed by atoms with Crippen LogP contribution in [0.2, 0.25) is 0 Å². The standard InChI is InChI=1S/C27H44N2O2/c1-2-3-4-5-6-7-8-9-10-11-14-17-26(30)28-25-20-18-24(19-21-25)27(31)29-22-15-12-13-16-23-29/h18-21H,2-17,22-23H2,1H3,(H,28,30). The van der Waals surface area contributed by atoms with Crippen molar-refractivity contribution in [3.63, 3.8) is 0 Å². The highest BCUT2D eigenvalue weighted by molar-refractivity contribution is 5.95. The van der Waals surface area contributed by atoms with E-state index in [0.717, 1.165) is 44.5 Å². The number of nitrogens with one attached hydrogen (secondary N) is 1. The zero-order valence-electron chi connectivity index (χ0n) is 19.8. The van der Waals surface area contributed by atoms with E-state index in [1.165, 1.54) is 70.6 Å². The summed E-state index contributed by atoms with van der Waals surface area (Å²) >= 11 is 0. The van der Waals surface area contributed by atoms with Crippen molar-refractivity contribution in [2.24, 2.45) is 0 Å². The number of amides is 2. The first-order valence-corrected chi connectivity index (χ1v) is 12.9. The number of hydrogen-bond donors (Lipinski definition) is 1. The monoisotopic (exact) mass is 428 g/mol. The molecule has 1 aromatic carbocycles. The lowest BCUT2D eigenvalue weighted by molar-refractivity contribution is -0.116. The zero-order valence-corrected chi connectivity index (χ0v) is 19.8. The minimum absolute atomic E-state index is 0.0718. The van der Waals surface area contributed by atoms with Gasteiger partial charge in [0.1, 0.15) is 0 Å². The molecular weight excluding hydrogens is 384 g/mol. The molecule has 0 unspecified atom stereocenters. The fourth-order valence-corrected chi connectivity index (χ4v) is 4.33. The van der Waals surface area contributed by atoms with E-state index in [1.807, 2.05) is 29.2 Å². The maximum atomic E-state index is 12.7. The second kappa shape index (κ2) is 15.9. The number of carbonyl (C=O) groups is 2. The van der Waals surface area contributed by atoms with Gasteiger partial charge >= 0.3 is 0 Å². The Morgan fingerprint density at radius 2 is 1.26 bits per heavy atom. The number of hydrogen-bond acceptors (Lipinski definition) is 2. The molecule has 1 fully saturated rings. The maximum absolute atomic E-state index is 12.7. The van der Waals surface area contributed by atoms with Gasteiger partial charge in [-0.25, -0.2) is 0 Å². The van der Waals surface area contributed by atoms with E-state index in [1.54, 1.807) is 0 Å². The highest BCUT2D eigenvalue weighted by Crippen LogP contribution is 2.16. The van der Waals surface area contributed by atoms with E-state index >= 15 is 0 Å². The molecular formula is C27H44N2O2. The third-order valence-corrected chi connectivity index (χ3v) is 6.32. The van der Waals surface area contributed by atoms with Crippen molar-refractivity contribution < 1.29 is 9.59 Å². The summed E-state index contributed by atoms with van der Waals surface area (Å²) in [6.45, 7) is 3.97. The van der Waals surface area contributed by atoms with Crippen molar-refractivity contribution in [3.05, 3.63) is 29.8 Å². The summed E-state index contributed by atoms with van der Waals surface area (Å²) in [5.41, 5.74) is 1.49. The third-order valence-electron chi connectivity index (χ3n) is 6.32. The van der Waals surface area contributed by atoms with Gasteiger partial charge in [0.05, 0.1) is 0 Å². The summed E-state index contributed by atoms with van der Waals surface area (Å²) in [6.07, 6.45) is 19.4. The Hall–Kier alpha value is -1.84. The van der Waals surface area contributed by atoms with Gasteiger partial charge in [0.25, 0.3) is 5.91 Å². The largest absolute Gasteiger partial charge is 0.339 e. The molecule has 1 N–H and O–H groups in total. The van der Waals surface area contributed by atoms with Crippen LogP contribution in [-0.2, 0) is 4.79 Å². The van der Waals surface area contributed by atoms with E-state index < -0.39 is 0 Å². The fourth-order valence-electron chi connectivity index (χ4n) is 4.33. The van der Waals surface area contributed by atoms with Crippen molar-refractivity contribution in [1.29, 1.82) is 0 Å². The molecule has 0 saturated carbocycles. The Labute approximate surface area is 190 Å². The topological polar surface area (TPSA) is 49.4 Å². The van der Waals surface area contributed by atoms with Gasteiger partial charge in [-0.2, -0.15) is 0 Å². The van der Waals surface area contributed by atoms with Crippen LogP contribution in [0.1, 0.15) is 120 Å². The molecule has 31 heavy (non-hydrogen) atoms. The zero-order chi connectivity index (χ0) is 22.2. The molecule has 1 aliphatic rings. The Bertz CT molecular complexity index is 619. The van der Waals surface area contributed by atoms with Crippen LogP contribution in [0.3, 0.4) is 0 Å². The quantitative estimate of drug-likeness (QED) is 0.315. The van der Waals surface area contributed by atoms with E-state index in [9.17, 15) is 9.59 Å². The number of nitrogens with zero attached hydrogens (tertiary/aromatic N) is 1. The van der Waals surface area contributed by atoms with Gasteiger partial charge in [-0.05, 0) is 43.5 Å². The Balaban J connectivity index is 1.55. The second-order valence-electron chi connectivity index (χ2n) is 9.12. The number of rotatable bonds is 14. The third kappa shape index (κ3) is 10.8. The van der Waals surface area contributed by atoms with Crippen LogP contribution in [0.15, 0.2) is 24.3 Å². The van der Waals surface area contributed by atoms with Gasteiger partial charge < -0.3 is 10.2 Å². The number of likely N-dealkylation sites (tertiary alicyclic amines) is 1. The molecule has 4 nitrogen and oxygen atoms in total. The molecule has 0 spiro atoms. The van der Waals surface area contributed by atoms with Crippen molar-refractivity contribution in [3.8, 4) is 0 Å². The van der Waals surface area contributed by atoms with Crippen LogP contribution in [-0.4, -0.2) is 29.8 Å². The molecule has 1 saturated heterocycles. The summed E-state index contributed by atoms with van der Waals surface area (Å²) in [4.78, 5) is 26.8. The highest BCUT2D eigenvalue weighted by atomic mass is 16.2. The smallest absolute Gasteiger partial charge is 0.253 e. The minimum atomic E-state index is 0.0718. The van der Waals surface area contributed by atoms with Crippen molar-refractivity contribution in [2.45, 2.75) is 110 Å².